The summed E-state index contributed by atoms with van der Waals surface area (Å²) in [6.45, 7) is 10.00. The quantitative estimate of drug-likeness (QED) is 0.304. The zero-order valence-electron chi connectivity index (χ0n) is 20.2. The minimum atomic E-state index is -4.50. The lowest BCUT2D eigenvalue weighted by Gasteiger charge is -2.37. The normalized spacial score (nSPS) is 15.0. The van der Waals surface area contributed by atoms with E-state index in [-0.39, 0.29) is 6.54 Å². The van der Waals surface area contributed by atoms with E-state index in [1.165, 1.54) is 23.5 Å². The van der Waals surface area contributed by atoms with Crippen molar-refractivity contribution in [3.63, 3.8) is 0 Å². The Morgan fingerprint density at radius 3 is 2.00 bits per heavy atom. The number of thiazole rings is 1. The van der Waals surface area contributed by atoms with Gasteiger partial charge < -0.3 is 20.1 Å². The summed E-state index contributed by atoms with van der Waals surface area (Å²) in [6, 6.07) is 4.58. The summed E-state index contributed by atoms with van der Waals surface area (Å²) in [5.74, 6) is -0.750. The number of alkyl carbamates (subject to hydrolysis) is 2. The summed E-state index contributed by atoms with van der Waals surface area (Å²) in [5.41, 5.74) is -0.376. The molecule has 1 aromatic heterocycles. The number of carbonyl (C=O) groups excluding carboxylic acids is 2. The van der Waals surface area contributed by atoms with E-state index >= 15 is 0 Å². The first-order valence-electron chi connectivity index (χ1n) is 10.6. The summed E-state index contributed by atoms with van der Waals surface area (Å²) in [6.07, 6.45) is -4.48. The minimum Gasteiger partial charge on any atom is -0.444 e. The van der Waals surface area contributed by atoms with Crippen molar-refractivity contribution in [1.29, 1.82) is 0 Å². The number of benzene rings is 1. The average molecular weight is 580 g/mol. The molecule has 2 aromatic rings. The summed E-state index contributed by atoms with van der Waals surface area (Å²) in [7, 11) is 0. The molecule has 12 heteroatoms. The molecular weight excluding hydrogens is 551 g/mol. The number of ether oxygens (including phenoxy) is 2. The molecule has 2 N–H and O–H groups in total. The number of hydrogen-bond acceptors (Lipinski definition) is 6. The van der Waals surface area contributed by atoms with Gasteiger partial charge >= 0.3 is 18.4 Å². The van der Waals surface area contributed by atoms with Crippen LogP contribution in [0.1, 0.15) is 63.5 Å². The molecule has 0 saturated carbocycles. The number of alkyl halides is 4. The van der Waals surface area contributed by atoms with E-state index in [1.807, 2.05) is 0 Å². The summed E-state index contributed by atoms with van der Waals surface area (Å²) in [5, 5.41) is 5.36. The highest BCUT2D eigenvalue weighted by Crippen LogP contribution is 2.42. The van der Waals surface area contributed by atoms with Crippen molar-refractivity contribution < 1.29 is 32.2 Å². The molecule has 0 saturated heterocycles. The number of hydrogen-bond donors (Lipinski definition) is 2. The van der Waals surface area contributed by atoms with Gasteiger partial charge in [0.05, 0.1) is 23.5 Å². The zero-order valence-corrected chi connectivity index (χ0v) is 22.7. The predicted octanol–water partition coefficient (Wildman–Crippen LogP) is 6.43. The van der Waals surface area contributed by atoms with E-state index in [4.69, 9.17) is 9.47 Å². The first-order chi connectivity index (χ1) is 15.9. The maximum atomic E-state index is 13.2. The van der Waals surface area contributed by atoms with Gasteiger partial charge in [0.15, 0.2) is 0 Å². The number of aromatic nitrogens is 1. The molecule has 1 unspecified atom stereocenters. The number of halogens is 4. The van der Waals surface area contributed by atoms with Crippen LogP contribution in [-0.2, 0) is 15.7 Å². The summed E-state index contributed by atoms with van der Waals surface area (Å²) >= 11 is 4.81. The van der Waals surface area contributed by atoms with Crippen LogP contribution >= 0.6 is 27.3 Å². The number of rotatable bonds is 6. The highest BCUT2D eigenvalue weighted by molar-refractivity contribution is 9.10. The van der Waals surface area contributed by atoms with Gasteiger partial charge in [-0.05, 0) is 59.2 Å². The lowest BCUT2D eigenvalue weighted by atomic mass is 9.89. The van der Waals surface area contributed by atoms with Crippen LogP contribution in [0.25, 0.3) is 0 Å². The topological polar surface area (TPSA) is 89.6 Å². The third kappa shape index (κ3) is 8.99. The zero-order chi connectivity index (χ0) is 26.7. The van der Waals surface area contributed by atoms with Gasteiger partial charge in [0.1, 0.15) is 15.7 Å². The second kappa shape index (κ2) is 10.7. The molecule has 35 heavy (non-hydrogen) atoms. The molecule has 0 fully saturated rings. The maximum Gasteiger partial charge on any atom is 0.416 e. The van der Waals surface area contributed by atoms with Crippen molar-refractivity contribution in [2.24, 2.45) is 0 Å². The standard InChI is InChI=1S/C23H29BrF3N3O4S/c1-20(2,3)33-18(31)29-12-22(24,30-19(32)34-21(4,5)6)17(16-11-28-13-35-16)14-7-9-15(10-8-14)23(25,26)27/h7-11,13,17H,12H2,1-6H3,(H,29,31)(H,30,32)/t17?,22-/m0/s1. The van der Waals surface area contributed by atoms with Gasteiger partial charge in [0.2, 0.25) is 0 Å². The van der Waals surface area contributed by atoms with Crippen LogP contribution < -0.4 is 10.6 Å². The van der Waals surface area contributed by atoms with E-state index in [2.05, 4.69) is 31.5 Å². The molecule has 0 aliphatic heterocycles. The van der Waals surface area contributed by atoms with Crippen molar-refractivity contribution in [1.82, 2.24) is 15.6 Å². The van der Waals surface area contributed by atoms with Gasteiger partial charge in [-0.3, -0.25) is 4.98 Å². The lowest BCUT2D eigenvalue weighted by molar-refractivity contribution is -0.137. The largest absolute Gasteiger partial charge is 0.444 e. The Morgan fingerprint density at radius 1 is 1.00 bits per heavy atom. The van der Waals surface area contributed by atoms with Gasteiger partial charge in [-0.25, -0.2) is 9.59 Å². The second-order valence-electron chi connectivity index (χ2n) is 9.80. The van der Waals surface area contributed by atoms with Crippen LogP contribution in [0, 0.1) is 0 Å². The van der Waals surface area contributed by atoms with Gasteiger partial charge in [0.25, 0.3) is 0 Å². The number of carbonyl (C=O) groups is 2. The first-order valence-corrected chi connectivity index (χ1v) is 12.3. The highest BCUT2D eigenvalue weighted by atomic mass is 79.9. The molecule has 7 nitrogen and oxygen atoms in total. The van der Waals surface area contributed by atoms with Crippen LogP contribution in [-0.4, -0.2) is 39.4 Å². The summed E-state index contributed by atoms with van der Waals surface area (Å²) < 4.78 is 48.7. The molecule has 2 amide bonds. The Balaban J connectivity index is 2.50. The van der Waals surface area contributed by atoms with Crippen molar-refractivity contribution in [2.75, 3.05) is 6.54 Å². The third-order valence-electron chi connectivity index (χ3n) is 4.36. The molecule has 1 heterocycles. The van der Waals surface area contributed by atoms with E-state index in [1.54, 1.807) is 53.2 Å². The van der Waals surface area contributed by atoms with Crippen LogP contribution in [0.3, 0.4) is 0 Å². The van der Waals surface area contributed by atoms with Crippen LogP contribution in [0.15, 0.2) is 36.0 Å². The van der Waals surface area contributed by atoms with Crippen molar-refractivity contribution in [2.45, 2.75) is 69.3 Å². The fourth-order valence-electron chi connectivity index (χ4n) is 3.09. The van der Waals surface area contributed by atoms with Gasteiger partial charge in [0, 0.05) is 11.1 Å². The Labute approximate surface area is 214 Å². The fraction of sp³-hybridized carbons (Fsp3) is 0.522. The second-order valence-corrected chi connectivity index (χ2v) is 12.1. The Kier molecular flexibility index (Phi) is 8.86. The fourth-order valence-corrected chi connectivity index (χ4v) is 4.90. The molecular formula is C23H29BrF3N3O4S. The molecule has 0 bridgehead atoms. The molecule has 194 valence electrons. The third-order valence-corrected chi connectivity index (χ3v) is 6.14. The first kappa shape index (κ1) is 28.9. The predicted molar refractivity (Wildman–Crippen MR) is 131 cm³/mol. The molecule has 0 aliphatic carbocycles. The van der Waals surface area contributed by atoms with Crippen LogP contribution in [0.2, 0.25) is 0 Å². The van der Waals surface area contributed by atoms with Crippen molar-refractivity contribution in [3.8, 4) is 0 Å². The van der Waals surface area contributed by atoms with E-state index in [0.717, 1.165) is 12.1 Å². The van der Waals surface area contributed by atoms with Crippen molar-refractivity contribution >= 4 is 39.5 Å². The van der Waals surface area contributed by atoms with Gasteiger partial charge in [-0.2, -0.15) is 13.2 Å². The van der Waals surface area contributed by atoms with Gasteiger partial charge in [-0.1, -0.05) is 28.1 Å². The molecule has 1 aromatic carbocycles. The van der Waals surface area contributed by atoms with E-state index in [0.29, 0.717) is 10.4 Å². The monoisotopic (exact) mass is 579 g/mol. The SMILES string of the molecule is CC(C)(C)OC(=O)NC[C@](Br)(NC(=O)OC(C)(C)C)C(c1ccc(C(F)(F)F)cc1)c1cncs1. The van der Waals surface area contributed by atoms with Crippen molar-refractivity contribution in [3.05, 3.63) is 52.0 Å². The average Bonchev–Trinajstić information content (AvgIpc) is 3.17. The Hall–Kier alpha value is -2.34. The lowest BCUT2D eigenvalue weighted by Crippen LogP contribution is -2.56. The highest BCUT2D eigenvalue weighted by Gasteiger charge is 2.43. The van der Waals surface area contributed by atoms with Crippen LogP contribution in [0.4, 0.5) is 22.8 Å². The molecule has 2 rings (SSSR count). The minimum absolute atomic E-state index is 0.190. The van der Waals surface area contributed by atoms with E-state index < -0.39 is 45.5 Å². The summed E-state index contributed by atoms with van der Waals surface area (Å²) in [4.78, 5) is 29.9. The maximum absolute atomic E-state index is 13.2. The molecule has 0 aliphatic rings. The van der Waals surface area contributed by atoms with E-state index in [9.17, 15) is 22.8 Å². The molecule has 0 spiro atoms. The number of nitrogens with one attached hydrogen (secondary N) is 2. The van der Waals surface area contributed by atoms with Gasteiger partial charge in [-0.15, -0.1) is 11.3 Å². The number of amides is 2. The molecule has 0 radical (unpaired) electrons. The Bertz CT molecular complexity index is 1000. The number of nitrogens with zero attached hydrogens (tertiary/aromatic N) is 1. The van der Waals surface area contributed by atoms with Crippen LogP contribution in [0.5, 0.6) is 0 Å². The Morgan fingerprint density at radius 2 is 1.54 bits per heavy atom. The smallest absolute Gasteiger partial charge is 0.416 e. The molecule has 2 atom stereocenters.